The number of hydrogen-bond acceptors (Lipinski definition) is 3. The minimum absolute atomic E-state index is 0.0164. The molecular weight excluding hydrogens is 266 g/mol. The molecule has 0 saturated heterocycles. The second-order valence-electron chi connectivity index (χ2n) is 5.98. The first-order chi connectivity index (χ1) is 9.88. The molecule has 0 bridgehead atoms. The van der Waals surface area contributed by atoms with Gasteiger partial charge in [0.05, 0.1) is 6.54 Å². The average molecular weight is 289 g/mol. The fourth-order valence-corrected chi connectivity index (χ4v) is 2.25. The maximum atomic E-state index is 11.9. The van der Waals surface area contributed by atoms with Crippen molar-refractivity contribution < 1.29 is 9.59 Å². The molecule has 1 aromatic carbocycles. The lowest BCUT2D eigenvalue weighted by molar-refractivity contribution is -0.125. The van der Waals surface area contributed by atoms with Crippen LogP contribution in [0.4, 0.5) is 11.4 Å². The van der Waals surface area contributed by atoms with Crippen molar-refractivity contribution in [3.8, 4) is 0 Å². The van der Waals surface area contributed by atoms with E-state index in [1.54, 1.807) is 0 Å². The molecule has 1 aliphatic carbocycles. The number of rotatable bonds is 5. The van der Waals surface area contributed by atoms with Crippen molar-refractivity contribution >= 4 is 23.2 Å². The minimum atomic E-state index is -0.197. The maximum Gasteiger partial charge on any atom is 0.243 e. The van der Waals surface area contributed by atoms with E-state index in [-0.39, 0.29) is 24.3 Å². The predicted molar refractivity (Wildman–Crippen MR) is 84.4 cm³/mol. The highest BCUT2D eigenvalue weighted by molar-refractivity contribution is 5.95. The number of anilines is 2. The molecule has 1 saturated carbocycles. The third kappa shape index (κ3) is 3.97. The van der Waals surface area contributed by atoms with Gasteiger partial charge in [-0.25, -0.2) is 0 Å². The molecule has 0 spiro atoms. The van der Waals surface area contributed by atoms with E-state index >= 15 is 0 Å². The Kier molecular flexibility index (Phi) is 4.50. The SMILES string of the molecule is Cc1cc(N(C)C)ccc1NC(=O)CNC(=O)[C@@H]1C[C@@H]1C. The van der Waals surface area contributed by atoms with E-state index in [2.05, 4.69) is 10.6 Å². The second kappa shape index (κ2) is 6.16. The first kappa shape index (κ1) is 15.4. The van der Waals surface area contributed by atoms with Gasteiger partial charge in [-0.15, -0.1) is 0 Å². The Balaban J connectivity index is 1.86. The van der Waals surface area contributed by atoms with Crippen molar-refractivity contribution in [2.45, 2.75) is 20.3 Å². The summed E-state index contributed by atoms with van der Waals surface area (Å²) in [5.41, 5.74) is 2.86. The van der Waals surface area contributed by atoms with Gasteiger partial charge in [-0.3, -0.25) is 9.59 Å². The van der Waals surface area contributed by atoms with Gasteiger partial charge in [0.15, 0.2) is 0 Å². The third-order valence-electron chi connectivity index (χ3n) is 3.87. The Hall–Kier alpha value is -2.04. The summed E-state index contributed by atoms with van der Waals surface area (Å²) in [7, 11) is 3.95. The fourth-order valence-electron chi connectivity index (χ4n) is 2.25. The van der Waals surface area contributed by atoms with Crippen LogP contribution >= 0.6 is 0 Å². The number of aryl methyl sites for hydroxylation is 1. The van der Waals surface area contributed by atoms with Gasteiger partial charge in [-0.1, -0.05) is 6.92 Å². The Morgan fingerprint density at radius 1 is 1.33 bits per heavy atom. The van der Waals surface area contributed by atoms with Gasteiger partial charge in [-0.2, -0.15) is 0 Å². The molecule has 2 rings (SSSR count). The highest BCUT2D eigenvalue weighted by atomic mass is 16.2. The second-order valence-corrected chi connectivity index (χ2v) is 5.98. The van der Waals surface area contributed by atoms with Crippen LogP contribution in [0, 0.1) is 18.8 Å². The fraction of sp³-hybridized carbons (Fsp3) is 0.500. The van der Waals surface area contributed by atoms with Crippen LogP contribution in [0.5, 0.6) is 0 Å². The summed E-state index contributed by atoms with van der Waals surface area (Å²) in [5, 5.41) is 5.51. The lowest BCUT2D eigenvalue weighted by atomic mass is 10.1. The van der Waals surface area contributed by atoms with Crippen molar-refractivity contribution in [3.63, 3.8) is 0 Å². The Labute approximate surface area is 125 Å². The van der Waals surface area contributed by atoms with Crippen LogP contribution in [-0.2, 0) is 9.59 Å². The first-order valence-electron chi connectivity index (χ1n) is 7.24. The van der Waals surface area contributed by atoms with Gasteiger partial charge < -0.3 is 15.5 Å². The summed E-state index contributed by atoms with van der Waals surface area (Å²) >= 11 is 0. The number of amides is 2. The molecule has 114 valence electrons. The standard InChI is InChI=1S/C16H23N3O2/c1-10-8-13(10)16(21)17-9-15(20)18-14-6-5-12(19(3)4)7-11(14)2/h5-7,10,13H,8-9H2,1-4H3,(H,17,21)(H,18,20)/t10-,13+/m0/s1. The zero-order valence-electron chi connectivity index (χ0n) is 13.1. The summed E-state index contributed by atoms with van der Waals surface area (Å²) < 4.78 is 0. The summed E-state index contributed by atoms with van der Waals surface area (Å²) in [6.45, 7) is 4.02. The third-order valence-corrected chi connectivity index (χ3v) is 3.87. The highest BCUT2D eigenvalue weighted by Gasteiger charge is 2.38. The molecule has 2 amide bonds. The van der Waals surface area contributed by atoms with Gasteiger partial charge in [0.2, 0.25) is 11.8 Å². The normalized spacial score (nSPS) is 19.8. The molecule has 2 atom stereocenters. The van der Waals surface area contributed by atoms with Gasteiger partial charge in [0.1, 0.15) is 0 Å². The largest absolute Gasteiger partial charge is 0.378 e. The summed E-state index contributed by atoms with van der Waals surface area (Å²) in [6.07, 6.45) is 0.929. The topological polar surface area (TPSA) is 61.4 Å². The van der Waals surface area contributed by atoms with Crippen molar-refractivity contribution in [2.75, 3.05) is 30.9 Å². The molecule has 0 aliphatic heterocycles. The molecule has 0 heterocycles. The minimum Gasteiger partial charge on any atom is -0.378 e. The number of hydrogen-bond donors (Lipinski definition) is 2. The molecule has 1 aliphatic rings. The number of carbonyl (C=O) groups is 2. The van der Waals surface area contributed by atoms with Gasteiger partial charge >= 0.3 is 0 Å². The van der Waals surface area contributed by atoms with Crippen LogP contribution in [-0.4, -0.2) is 32.5 Å². The zero-order valence-corrected chi connectivity index (χ0v) is 13.1. The number of carbonyl (C=O) groups excluding carboxylic acids is 2. The van der Waals surface area contributed by atoms with Crippen LogP contribution in [0.15, 0.2) is 18.2 Å². The molecule has 2 N–H and O–H groups in total. The molecule has 5 nitrogen and oxygen atoms in total. The van der Waals surface area contributed by atoms with Gasteiger partial charge in [0, 0.05) is 31.4 Å². The monoisotopic (exact) mass is 289 g/mol. The lowest BCUT2D eigenvalue weighted by Crippen LogP contribution is -2.34. The molecule has 21 heavy (non-hydrogen) atoms. The average Bonchev–Trinajstić information content (AvgIpc) is 3.15. The molecule has 1 aromatic rings. The van der Waals surface area contributed by atoms with E-state index < -0.39 is 0 Å². The van der Waals surface area contributed by atoms with Gasteiger partial charge in [-0.05, 0) is 43.0 Å². The Bertz CT molecular complexity index is 554. The summed E-state index contributed by atoms with van der Waals surface area (Å²) in [6, 6.07) is 5.85. The molecule has 0 radical (unpaired) electrons. The quantitative estimate of drug-likeness (QED) is 0.868. The molecule has 1 fully saturated rings. The highest BCUT2D eigenvalue weighted by Crippen LogP contribution is 2.37. The van der Waals surface area contributed by atoms with E-state index in [9.17, 15) is 9.59 Å². The van der Waals surface area contributed by atoms with Crippen molar-refractivity contribution in [1.29, 1.82) is 0 Å². The van der Waals surface area contributed by atoms with Crippen LogP contribution in [0.3, 0.4) is 0 Å². The first-order valence-corrected chi connectivity index (χ1v) is 7.24. The Morgan fingerprint density at radius 3 is 2.52 bits per heavy atom. The predicted octanol–water partition coefficient (Wildman–Crippen LogP) is 1.77. The van der Waals surface area contributed by atoms with Crippen LogP contribution in [0.25, 0.3) is 0 Å². The van der Waals surface area contributed by atoms with E-state index in [4.69, 9.17) is 0 Å². The lowest BCUT2D eigenvalue weighted by Gasteiger charge is -2.15. The Morgan fingerprint density at radius 2 is 2.00 bits per heavy atom. The number of benzene rings is 1. The van der Waals surface area contributed by atoms with Crippen molar-refractivity contribution in [1.82, 2.24) is 5.32 Å². The molecule has 5 heteroatoms. The van der Waals surface area contributed by atoms with E-state index in [1.165, 1.54) is 0 Å². The molecular formula is C16H23N3O2. The molecule has 0 aromatic heterocycles. The number of nitrogens with one attached hydrogen (secondary N) is 2. The van der Waals surface area contributed by atoms with E-state index in [1.807, 2.05) is 51.0 Å². The van der Waals surface area contributed by atoms with Gasteiger partial charge in [0.25, 0.3) is 0 Å². The smallest absolute Gasteiger partial charge is 0.243 e. The summed E-state index contributed by atoms with van der Waals surface area (Å²) in [5.74, 6) is 0.336. The van der Waals surface area contributed by atoms with Crippen molar-refractivity contribution in [3.05, 3.63) is 23.8 Å². The van der Waals surface area contributed by atoms with E-state index in [0.29, 0.717) is 5.92 Å². The number of nitrogens with zero attached hydrogens (tertiary/aromatic N) is 1. The van der Waals surface area contributed by atoms with Crippen LogP contribution < -0.4 is 15.5 Å². The van der Waals surface area contributed by atoms with Crippen LogP contribution in [0.2, 0.25) is 0 Å². The van der Waals surface area contributed by atoms with Crippen molar-refractivity contribution in [2.24, 2.45) is 11.8 Å². The summed E-state index contributed by atoms with van der Waals surface area (Å²) in [4.78, 5) is 25.5. The maximum absolute atomic E-state index is 11.9. The molecule has 0 unspecified atom stereocenters. The zero-order chi connectivity index (χ0) is 15.6. The van der Waals surface area contributed by atoms with E-state index in [0.717, 1.165) is 23.4 Å². The van der Waals surface area contributed by atoms with Crippen LogP contribution in [0.1, 0.15) is 18.9 Å².